The molecule has 2 rings (SSSR count). The third-order valence-corrected chi connectivity index (χ3v) is 3.32. The molecule has 0 saturated heterocycles. The third-order valence-electron chi connectivity index (χ3n) is 2.23. The van der Waals surface area contributed by atoms with E-state index in [1.807, 2.05) is 6.07 Å². The second-order valence-corrected chi connectivity index (χ2v) is 4.33. The van der Waals surface area contributed by atoms with Crippen LogP contribution in [-0.4, -0.2) is 4.92 Å². The normalized spacial score (nSPS) is 9.82. The van der Waals surface area contributed by atoms with Gasteiger partial charge in [-0.1, -0.05) is 12.1 Å². The molecule has 2 aromatic rings. The number of rotatable bonds is 2. The zero-order valence-electron chi connectivity index (χ0n) is 8.58. The van der Waals surface area contributed by atoms with Gasteiger partial charge in [0.1, 0.15) is 10.9 Å². The number of benzene rings is 1. The molecule has 0 aliphatic heterocycles. The van der Waals surface area contributed by atoms with Gasteiger partial charge in [0.2, 0.25) is 0 Å². The highest BCUT2D eigenvalue weighted by molar-refractivity contribution is 7.16. The molecular weight excluding hydrogens is 238 g/mol. The van der Waals surface area contributed by atoms with Gasteiger partial charge in [-0.25, -0.2) is 0 Å². The molecule has 0 fully saturated rings. The van der Waals surface area contributed by atoms with Crippen LogP contribution in [0.4, 0.5) is 11.4 Å². The number of nitriles is 1. The summed E-state index contributed by atoms with van der Waals surface area (Å²) in [5.74, 6) is 0. The highest BCUT2D eigenvalue weighted by atomic mass is 32.1. The summed E-state index contributed by atoms with van der Waals surface area (Å²) >= 11 is 1.15. The van der Waals surface area contributed by atoms with Gasteiger partial charge in [0.05, 0.1) is 16.2 Å². The molecular formula is C11H7N3O2S. The summed E-state index contributed by atoms with van der Waals surface area (Å²) in [6.07, 6.45) is 0. The number of nitrogens with zero attached hydrogens (tertiary/aromatic N) is 2. The van der Waals surface area contributed by atoms with Crippen LogP contribution in [-0.2, 0) is 0 Å². The summed E-state index contributed by atoms with van der Waals surface area (Å²) in [5.41, 5.74) is 6.48. The first kappa shape index (κ1) is 11.1. The predicted octanol–water partition coefficient (Wildman–Crippen LogP) is 2.78. The van der Waals surface area contributed by atoms with Crippen molar-refractivity contribution in [3.05, 3.63) is 45.3 Å². The van der Waals surface area contributed by atoms with Crippen LogP contribution in [0.2, 0.25) is 0 Å². The average Bonchev–Trinajstić information content (AvgIpc) is 2.70. The van der Waals surface area contributed by atoms with Gasteiger partial charge in [-0.2, -0.15) is 5.26 Å². The van der Waals surface area contributed by atoms with E-state index in [1.54, 1.807) is 24.3 Å². The second-order valence-electron chi connectivity index (χ2n) is 3.28. The molecule has 0 radical (unpaired) electrons. The number of hydrogen-bond acceptors (Lipinski definition) is 5. The van der Waals surface area contributed by atoms with Gasteiger partial charge in [0.15, 0.2) is 0 Å². The monoisotopic (exact) mass is 245 g/mol. The molecule has 0 spiro atoms. The SMILES string of the molecule is N#Cc1sc(-c2ccccc2[N+](=O)[O-])cc1N. The lowest BCUT2D eigenvalue weighted by atomic mass is 10.1. The van der Waals surface area contributed by atoms with E-state index >= 15 is 0 Å². The summed E-state index contributed by atoms with van der Waals surface area (Å²) < 4.78 is 0. The van der Waals surface area contributed by atoms with Crippen LogP contribution in [0.1, 0.15) is 4.88 Å². The van der Waals surface area contributed by atoms with Crippen LogP contribution in [0.3, 0.4) is 0 Å². The molecule has 0 aliphatic rings. The highest BCUT2D eigenvalue weighted by Gasteiger charge is 2.17. The molecule has 5 nitrogen and oxygen atoms in total. The van der Waals surface area contributed by atoms with Crippen molar-refractivity contribution in [1.82, 2.24) is 0 Å². The first-order valence-electron chi connectivity index (χ1n) is 4.66. The van der Waals surface area contributed by atoms with Gasteiger partial charge in [-0.15, -0.1) is 11.3 Å². The summed E-state index contributed by atoms with van der Waals surface area (Å²) in [4.78, 5) is 11.4. The van der Waals surface area contributed by atoms with Crippen LogP contribution in [0.25, 0.3) is 10.4 Å². The number of hydrogen-bond donors (Lipinski definition) is 1. The number of para-hydroxylation sites is 1. The van der Waals surface area contributed by atoms with Crippen molar-refractivity contribution in [2.75, 3.05) is 5.73 Å². The minimum Gasteiger partial charge on any atom is -0.397 e. The Balaban J connectivity index is 2.61. The number of nitrogens with two attached hydrogens (primary N) is 1. The Morgan fingerprint density at radius 2 is 2.12 bits per heavy atom. The van der Waals surface area contributed by atoms with E-state index in [9.17, 15) is 10.1 Å². The number of nitro groups is 1. The predicted molar refractivity (Wildman–Crippen MR) is 65.5 cm³/mol. The summed E-state index contributed by atoms with van der Waals surface area (Å²) in [6, 6.07) is 9.93. The van der Waals surface area contributed by atoms with Crippen molar-refractivity contribution >= 4 is 22.7 Å². The molecule has 0 atom stereocenters. The van der Waals surface area contributed by atoms with Gasteiger partial charge >= 0.3 is 0 Å². The van der Waals surface area contributed by atoms with Gasteiger partial charge < -0.3 is 5.73 Å². The lowest BCUT2D eigenvalue weighted by Gasteiger charge is -1.98. The molecule has 0 amide bonds. The Kier molecular flexibility index (Phi) is 2.77. The molecule has 0 unspecified atom stereocenters. The number of anilines is 1. The van der Waals surface area contributed by atoms with E-state index in [4.69, 9.17) is 11.0 Å². The molecule has 84 valence electrons. The quantitative estimate of drug-likeness (QED) is 0.650. The number of thiophene rings is 1. The Morgan fingerprint density at radius 3 is 2.71 bits per heavy atom. The van der Waals surface area contributed by atoms with E-state index in [2.05, 4.69) is 0 Å². The Hall–Kier alpha value is -2.39. The molecule has 1 aromatic carbocycles. The van der Waals surface area contributed by atoms with E-state index in [0.29, 0.717) is 21.0 Å². The summed E-state index contributed by atoms with van der Waals surface area (Å²) in [6.45, 7) is 0. The van der Waals surface area contributed by atoms with Crippen molar-refractivity contribution in [1.29, 1.82) is 5.26 Å². The second kappa shape index (κ2) is 4.23. The fraction of sp³-hybridized carbons (Fsp3) is 0. The standard InChI is InChI=1S/C11H7N3O2S/c12-6-11-8(13)5-10(17-11)7-3-1-2-4-9(7)14(15)16/h1-5H,13H2. The zero-order chi connectivity index (χ0) is 12.4. The van der Waals surface area contributed by atoms with Crippen LogP contribution in [0.15, 0.2) is 30.3 Å². The van der Waals surface area contributed by atoms with Gasteiger partial charge in [-0.05, 0) is 12.1 Å². The third kappa shape index (κ3) is 1.96. The van der Waals surface area contributed by atoms with Crippen LogP contribution in [0, 0.1) is 21.4 Å². The van der Waals surface area contributed by atoms with E-state index in [1.165, 1.54) is 6.07 Å². The molecule has 2 N–H and O–H groups in total. The van der Waals surface area contributed by atoms with Crippen LogP contribution < -0.4 is 5.73 Å². The largest absolute Gasteiger partial charge is 0.397 e. The minimum absolute atomic E-state index is 0.0123. The highest BCUT2D eigenvalue weighted by Crippen LogP contribution is 2.37. The number of nitrogen functional groups attached to an aromatic ring is 1. The molecule has 0 aliphatic carbocycles. The lowest BCUT2D eigenvalue weighted by molar-refractivity contribution is -0.384. The summed E-state index contributed by atoms with van der Waals surface area (Å²) in [5, 5.41) is 19.7. The fourth-order valence-electron chi connectivity index (χ4n) is 1.47. The maximum absolute atomic E-state index is 10.9. The van der Waals surface area contributed by atoms with Crippen molar-refractivity contribution in [3.8, 4) is 16.5 Å². The van der Waals surface area contributed by atoms with Crippen molar-refractivity contribution in [2.24, 2.45) is 0 Å². The first-order valence-corrected chi connectivity index (χ1v) is 5.48. The Labute approximate surface area is 101 Å². The van der Waals surface area contributed by atoms with Gasteiger partial charge in [0.25, 0.3) is 5.69 Å². The fourth-order valence-corrected chi connectivity index (χ4v) is 2.38. The van der Waals surface area contributed by atoms with E-state index in [-0.39, 0.29) is 5.69 Å². The summed E-state index contributed by atoms with van der Waals surface area (Å²) in [7, 11) is 0. The zero-order valence-corrected chi connectivity index (χ0v) is 9.40. The average molecular weight is 245 g/mol. The van der Waals surface area contributed by atoms with Gasteiger partial charge in [-0.3, -0.25) is 10.1 Å². The Morgan fingerprint density at radius 1 is 1.41 bits per heavy atom. The van der Waals surface area contributed by atoms with Crippen molar-refractivity contribution in [2.45, 2.75) is 0 Å². The molecule has 1 heterocycles. The molecule has 17 heavy (non-hydrogen) atoms. The van der Waals surface area contributed by atoms with E-state index < -0.39 is 4.92 Å². The van der Waals surface area contributed by atoms with Crippen molar-refractivity contribution in [3.63, 3.8) is 0 Å². The lowest BCUT2D eigenvalue weighted by Crippen LogP contribution is -1.90. The van der Waals surface area contributed by atoms with Crippen LogP contribution in [0.5, 0.6) is 0 Å². The van der Waals surface area contributed by atoms with Crippen molar-refractivity contribution < 1.29 is 4.92 Å². The van der Waals surface area contributed by atoms with E-state index in [0.717, 1.165) is 11.3 Å². The number of nitro benzene ring substituents is 1. The topological polar surface area (TPSA) is 92.9 Å². The minimum atomic E-state index is -0.447. The maximum atomic E-state index is 10.9. The molecule has 0 saturated carbocycles. The smallest absolute Gasteiger partial charge is 0.278 e. The van der Waals surface area contributed by atoms with Crippen LogP contribution >= 0.6 is 11.3 Å². The Bertz CT molecular complexity index is 628. The molecule has 0 bridgehead atoms. The first-order chi connectivity index (χ1) is 8.13. The molecule has 6 heteroatoms. The van der Waals surface area contributed by atoms with Gasteiger partial charge in [0, 0.05) is 10.9 Å². The maximum Gasteiger partial charge on any atom is 0.278 e. The molecule has 1 aromatic heterocycles.